The van der Waals surface area contributed by atoms with Crippen LogP contribution >= 0.6 is 0 Å². The number of carbonyl (C=O) groups is 2. The molecule has 2 amide bonds. The average Bonchev–Trinajstić information content (AvgIpc) is 3.17. The number of nitrogens with one attached hydrogen (secondary N) is 1. The molecule has 0 radical (unpaired) electrons. The molecule has 0 bridgehead atoms. The molecule has 0 unspecified atom stereocenters. The molecule has 1 aromatic heterocycles. The summed E-state index contributed by atoms with van der Waals surface area (Å²) in [6, 6.07) is 16.9. The van der Waals surface area contributed by atoms with Crippen molar-refractivity contribution in [3.63, 3.8) is 0 Å². The Morgan fingerprint density at radius 2 is 1.82 bits per heavy atom. The molecule has 144 valence electrons. The van der Waals surface area contributed by atoms with Crippen LogP contribution in [-0.2, 0) is 11.3 Å². The second kappa shape index (κ2) is 8.85. The third-order valence-corrected chi connectivity index (χ3v) is 4.17. The summed E-state index contributed by atoms with van der Waals surface area (Å²) in [6.07, 6.45) is 3.20. The highest BCUT2D eigenvalue weighted by Gasteiger charge is 2.17. The van der Waals surface area contributed by atoms with Gasteiger partial charge in [-0.2, -0.15) is 5.10 Å². The third kappa shape index (κ3) is 4.97. The first-order valence-corrected chi connectivity index (χ1v) is 8.81. The van der Waals surface area contributed by atoms with Crippen LogP contribution < -0.4 is 10.1 Å². The zero-order valence-corrected chi connectivity index (χ0v) is 15.8. The van der Waals surface area contributed by atoms with E-state index < -0.39 is 0 Å². The highest BCUT2D eigenvalue weighted by atomic mass is 16.5. The monoisotopic (exact) mass is 378 g/mol. The van der Waals surface area contributed by atoms with Crippen LogP contribution in [0.3, 0.4) is 0 Å². The lowest BCUT2D eigenvalue weighted by Crippen LogP contribution is -2.34. The van der Waals surface area contributed by atoms with Crippen molar-refractivity contribution in [1.82, 2.24) is 14.7 Å². The minimum Gasteiger partial charge on any atom is -0.497 e. The number of amides is 2. The van der Waals surface area contributed by atoms with E-state index in [9.17, 15) is 9.59 Å². The summed E-state index contributed by atoms with van der Waals surface area (Å²) in [5.41, 5.74) is 2.18. The molecule has 0 fully saturated rings. The molecule has 7 heteroatoms. The summed E-state index contributed by atoms with van der Waals surface area (Å²) in [7, 11) is 3.17. The van der Waals surface area contributed by atoms with Crippen LogP contribution in [0.1, 0.15) is 15.9 Å². The Balaban J connectivity index is 1.55. The van der Waals surface area contributed by atoms with Crippen LogP contribution in [0.25, 0.3) is 0 Å². The van der Waals surface area contributed by atoms with Gasteiger partial charge in [0.2, 0.25) is 5.91 Å². The van der Waals surface area contributed by atoms with Crippen molar-refractivity contribution in [2.45, 2.75) is 6.54 Å². The molecule has 0 saturated carbocycles. The predicted octanol–water partition coefficient (Wildman–Crippen LogP) is 2.65. The smallest absolute Gasteiger partial charge is 0.257 e. The molecule has 0 aliphatic rings. The number of likely N-dealkylation sites (N-methyl/N-ethyl adjacent to an activating group) is 1. The Labute approximate surface area is 163 Å². The van der Waals surface area contributed by atoms with Gasteiger partial charge < -0.3 is 15.0 Å². The molecule has 1 heterocycles. The molecule has 0 atom stereocenters. The largest absolute Gasteiger partial charge is 0.497 e. The van der Waals surface area contributed by atoms with Gasteiger partial charge in [-0.15, -0.1) is 0 Å². The highest BCUT2D eigenvalue weighted by molar-refractivity contribution is 5.99. The molecule has 28 heavy (non-hydrogen) atoms. The van der Waals surface area contributed by atoms with E-state index in [0.717, 1.165) is 5.56 Å². The highest BCUT2D eigenvalue weighted by Crippen LogP contribution is 2.15. The molecule has 0 spiro atoms. The van der Waals surface area contributed by atoms with E-state index in [1.807, 2.05) is 30.3 Å². The van der Waals surface area contributed by atoms with Gasteiger partial charge in [-0.1, -0.05) is 30.3 Å². The lowest BCUT2D eigenvalue weighted by Gasteiger charge is -2.16. The van der Waals surface area contributed by atoms with Crippen LogP contribution in [0.4, 0.5) is 5.69 Å². The summed E-state index contributed by atoms with van der Waals surface area (Å²) >= 11 is 0. The zero-order chi connectivity index (χ0) is 19.9. The van der Waals surface area contributed by atoms with Gasteiger partial charge in [-0.3, -0.25) is 14.3 Å². The van der Waals surface area contributed by atoms with Crippen molar-refractivity contribution in [2.75, 3.05) is 26.0 Å². The number of aromatic nitrogens is 2. The fourth-order valence-corrected chi connectivity index (χ4v) is 2.71. The molecule has 3 aromatic rings. The predicted molar refractivity (Wildman–Crippen MR) is 106 cm³/mol. The number of benzene rings is 2. The van der Waals surface area contributed by atoms with Crippen LogP contribution in [0.2, 0.25) is 0 Å². The number of hydrogen-bond acceptors (Lipinski definition) is 4. The first kappa shape index (κ1) is 19.2. The summed E-state index contributed by atoms with van der Waals surface area (Å²) in [6.45, 7) is 0.518. The number of anilines is 1. The molecule has 3 rings (SSSR count). The zero-order valence-electron chi connectivity index (χ0n) is 15.8. The summed E-state index contributed by atoms with van der Waals surface area (Å²) in [4.78, 5) is 26.1. The van der Waals surface area contributed by atoms with Crippen LogP contribution in [0, 0.1) is 0 Å². The van der Waals surface area contributed by atoms with E-state index in [2.05, 4.69) is 10.4 Å². The van der Waals surface area contributed by atoms with E-state index in [1.54, 1.807) is 49.3 Å². The lowest BCUT2D eigenvalue weighted by atomic mass is 10.2. The van der Waals surface area contributed by atoms with Gasteiger partial charge in [0, 0.05) is 18.9 Å². The van der Waals surface area contributed by atoms with Gasteiger partial charge in [0.05, 0.1) is 32.0 Å². The van der Waals surface area contributed by atoms with Crippen LogP contribution in [0.15, 0.2) is 67.0 Å². The lowest BCUT2D eigenvalue weighted by molar-refractivity contribution is -0.116. The summed E-state index contributed by atoms with van der Waals surface area (Å²) < 4.78 is 6.79. The van der Waals surface area contributed by atoms with E-state index in [1.165, 1.54) is 11.1 Å². The maximum absolute atomic E-state index is 12.6. The van der Waals surface area contributed by atoms with E-state index >= 15 is 0 Å². The second-order valence-electron chi connectivity index (χ2n) is 6.35. The maximum Gasteiger partial charge on any atom is 0.257 e. The summed E-state index contributed by atoms with van der Waals surface area (Å²) in [5, 5.41) is 6.99. The Kier molecular flexibility index (Phi) is 6.06. The minimum atomic E-state index is -0.280. The van der Waals surface area contributed by atoms with Crippen molar-refractivity contribution >= 4 is 17.5 Å². The number of hydrogen-bond donors (Lipinski definition) is 1. The van der Waals surface area contributed by atoms with Crippen molar-refractivity contribution in [3.05, 3.63) is 78.1 Å². The Morgan fingerprint density at radius 3 is 2.50 bits per heavy atom. The van der Waals surface area contributed by atoms with E-state index in [-0.39, 0.29) is 18.4 Å². The first-order valence-electron chi connectivity index (χ1n) is 8.81. The number of rotatable bonds is 7. The topological polar surface area (TPSA) is 76.5 Å². The van der Waals surface area contributed by atoms with Crippen LogP contribution in [0.5, 0.6) is 5.75 Å². The van der Waals surface area contributed by atoms with E-state index in [4.69, 9.17) is 4.74 Å². The molecule has 0 aliphatic carbocycles. The quantitative estimate of drug-likeness (QED) is 0.686. The normalized spacial score (nSPS) is 10.4. The number of nitrogens with zero attached hydrogens (tertiary/aromatic N) is 3. The third-order valence-electron chi connectivity index (χ3n) is 4.17. The van der Waals surface area contributed by atoms with Gasteiger partial charge in [0.15, 0.2) is 0 Å². The average molecular weight is 378 g/mol. The molecule has 0 saturated heterocycles. The van der Waals surface area contributed by atoms with Gasteiger partial charge >= 0.3 is 0 Å². The van der Waals surface area contributed by atoms with E-state index in [0.29, 0.717) is 23.5 Å². The maximum atomic E-state index is 12.6. The summed E-state index contributed by atoms with van der Waals surface area (Å²) in [5.74, 6) is 0.166. The number of methoxy groups -OCH3 is 1. The SMILES string of the molecule is COc1ccc(NC(=O)CN(C)C(=O)c2cnn(Cc3ccccc3)c2)cc1. The van der Waals surface area contributed by atoms with Crippen molar-refractivity contribution in [1.29, 1.82) is 0 Å². The molecule has 2 aromatic carbocycles. The van der Waals surface area contributed by atoms with Gasteiger partial charge in [-0.25, -0.2) is 0 Å². The Bertz CT molecular complexity index is 936. The molecular weight excluding hydrogens is 356 g/mol. The first-order chi connectivity index (χ1) is 13.5. The fraction of sp³-hybridized carbons (Fsp3) is 0.190. The molecule has 7 nitrogen and oxygen atoms in total. The van der Waals surface area contributed by atoms with Gasteiger partial charge in [0.1, 0.15) is 5.75 Å². The van der Waals surface area contributed by atoms with Crippen molar-refractivity contribution < 1.29 is 14.3 Å². The minimum absolute atomic E-state index is 0.0608. The Morgan fingerprint density at radius 1 is 1.11 bits per heavy atom. The second-order valence-corrected chi connectivity index (χ2v) is 6.35. The Hall–Kier alpha value is -3.61. The van der Waals surface area contributed by atoms with Crippen molar-refractivity contribution in [2.24, 2.45) is 0 Å². The van der Waals surface area contributed by atoms with Gasteiger partial charge in [-0.05, 0) is 29.8 Å². The number of carbonyl (C=O) groups excluding carboxylic acids is 2. The fourth-order valence-electron chi connectivity index (χ4n) is 2.71. The molecule has 1 N–H and O–H groups in total. The number of ether oxygens (including phenoxy) is 1. The molecular formula is C21H22N4O3. The standard InChI is InChI=1S/C21H22N4O3/c1-24(15-20(26)23-18-8-10-19(28-2)11-9-18)21(27)17-12-22-25(14-17)13-16-6-4-3-5-7-16/h3-12,14H,13,15H2,1-2H3,(H,23,26). The van der Waals surface area contributed by atoms with Crippen LogP contribution in [-0.4, -0.2) is 47.2 Å². The molecule has 0 aliphatic heterocycles. The van der Waals surface area contributed by atoms with Gasteiger partial charge in [0.25, 0.3) is 5.91 Å². The van der Waals surface area contributed by atoms with Crippen molar-refractivity contribution in [3.8, 4) is 5.75 Å².